The van der Waals surface area contributed by atoms with E-state index in [1.807, 2.05) is 0 Å². The van der Waals surface area contributed by atoms with Gasteiger partial charge < -0.3 is 28.9 Å². The third kappa shape index (κ3) is 7.62. The van der Waals surface area contributed by atoms with Crippen LogP contribution in [0.25, 0.3) is 0 Å². The van der Waals surface area contributed by atoms with Crippen molar-refractivity contribution in [3.63, 3.8) is 0 Å². The Morgan fingerprint density at radius 1 is 0.722 bits per heavy atom. The monoisotopic (exact) mass is 550 g/mol. The normalized spacial score (nSPS) is 14.6. The van der Waals surface area contributed by atoms with E-state index >= 15 is 0 Å². The first-order valence-electron chi connectivity index (χ1n) is 3.20. The summed E-state index contributed by atoms with van der Waals surface area (Å²) in [6.07, 6.45) is 0. The first-order chi connectivity index (χ1) is 6.89. The van der Waals surface area contributed by atoms with Gasteiger partial charge in [0.1, 0.15) is 30.7 Å². The number of hydrogen-bond acceptors (Lipinski definition) is 10. The molecule has 0 rings (SSSR count). The fourth-order valence-electron chi connectivity index (χ4n) is 0.786. The minimum Gasteiger partial charge on any atom is -0.747 e. The van der Waals surface area contributed by atoms with Crippen LogP contribution in [0.4, 0.5) is 0 Å². The Hall–Kier alpha value is 1.90. The molecule has 0 amide bonds. The molecular formula is C4H2Ba2O10S2. The second-order valence-electron chi connectivity index (χ2n) is 2.46. The Balaban J connectivity index is -0.00000112. The third-order valence-electron chi connectivity index (χ3n) is 1.36. The van der Waals surface area contributed by atoms with Crippen LogP contribution in [0.5, 0.6) is 0 Å². The van der Waals surface area contributed by atoms with Gasteiger partial charge in [-0.15, -0.1) is 0 Å². The molecule has 0 aliphatic rings. The molecule has 0 aromatic carbocycles. The second kappa shape index (κ2) is 9.03. The van der Waals surface area contributed by atoms with Gasteiger partial charge in [-0.25, -0.2) is 16.8 Å². The predicted octanol–water partition coefficient (Wildman–Crippen LogP) is -6.45. The first-order valence-corrected chi connectivity index (χ1v) is 6.14. The number of aliphatic carboxylic acids is 2. The summed E-state index contributed by atoms with van der Waals surface area (Å²) in [5.74, 6) is -5.63. The van der Waals surface area contributed by atoms with Crippen LogP contribution in [0.2, 0.25) is 0 Å². The van der Waals surface area contributed by atoms with E-state index in [0.717, 1.165) is 0 Å². The smallest absolute Gasteiger partial charge is 0.747 e. The van der Waals surface area contributed by atoms with E-state index in [9.17, 15) is 45.7 Å². The molecule has 18 heavy (non-hydrogen) atoms. The molecule has 94 valence electrons. The van der Waals surface area contributed by atoms with Gasteiger partial charge in [0.25, 0.3) is 0 Å². The quantitative estimate of drug-likeness (QED) is 0.235. The van der Waals surface area contributed by atoms with E-state index in [4.69, 9.17) is 0 Å². The Morgan fingerprint density at radius 3 is 0.944 bits per heavy atom. The molecule has 0 aromatic heterocycles. The first kappa shape index (κ1) is 24.9. The summed E-state index contributed by atoms with van der Waals surface area (Å²) in [4.78, 5) is 20.3. The zero-order valence-electron chi connectivity index (χ0n) is 8.47. The molecule has 2 atom stereocenters. The van der Waals surface area contributed by atoms with Crippen molar-refractivity contribution in [2.75, 3.05) is 0 Å². The zero-order valence-corrected chi connectivity index (χ0v) is 19.0. The number of rotatable bonds is 5. The van der Waals surface area contributed by atoms with Crippen molar-refractivity contribution in [1.29, 1.82) is 0 Å². The second-order valence-corrected chi connectivity index (χ2v) is 5.45. The standard InChI is InChI=1S/C4H6O10S2.2Ba/c5-3(6)1(15(9,10)11)2(4(7)8)16(12,13)14;;/h1-2H,(H,5,6)(H,7,8)(H,9,10,11)(H,12,13,14);;/q;2*+2/p-4. The Bertz CT molecular complexity index is 458. The molecule has 0 saturated heterocycles. The number of hydrogen-bond donors (Lipinski definition) is 0. The van der Waals surface area contributed by atoms with Crippen LogP contribution in [0.15, 0.2) is 0 Å². The molecule has 0 aliphatic carbocycles. The Morgan fingerprint density at radius 2 is 0.889 bits per heavy atom. The van der Waals surface area contributed by atoms with E-state index in [-0.39, 0.29) is 97.8 Å². The SMILES string of the molecule is O=C([O-])C(C(C(=O)[O-])S(=O)(=O)[O-])S(=O)(=O)[O-].[Ba+2].[Ba+2]. The molecule has 0 fully saturated rings. The molecule has 14 heteroatoms. The van der Waals surface area contributed by atoms with Gasteiger partial charge in [0.05, 0.1) is 11.9 Å². The summed E-state index contributed by atoms with van der Waals surface area (Å²) in [6.45, 7) is 0. The summed E-state index contributed by atoms with van der Waals surface area (Å²) in [6, 6.07) is 0. The molecule has 0 bridgehead atoms. The maximum Gasteiger partial charge on any atom is 2.00 e. The van der Waals surface area contributed by atoms with E-state index < -0.39 is 42.7 Å². The zero-order chi connectivity index (χ0) is 13.3. The molecular weight excluding hydrogens is 547 g/mol. The van der Waals surface area contributed by atoms with Gasteiger partial charge in [-0.1, -0.05) is 0 Å². The fraction of sp³-hybridized carbons (Fsp3) is 0.500. The summed E-state index contributed by atoms with van der Waals surface area (Å²) < 4.78 is 61.8. The maximum atomic E-state index is 10.3. The van der Waals surface area contributed by atoms with Crippen LogP contribution in [0.1, 0.15) is 0 Å². The summed E-state index contributed by atoms with van der Waals surface area (Å²) in [5.41, 5.74) is 0. The number of carboxylic acid groups (broad SMARTS) is 2. The van der Waals surface area contributed by atoms with Crippen LogP contribution in [-0.4, -0.2) is 146 Å². The van der Waals surface area contributed by atoms with Crippen molar-refractivity contribution in [3.05, 3.63) is 0 Å². The fourth-order valence-corrected chi connectivity index (χ4v) is 2.90. The van der Waals surface area contributed by atoms with Gasteiger partial charge in [-0.3, -0.25) is 0 Å². The van der Waals surface area contributed by atoms with Crippen molar-refractivity contribution in [3.8, 4) is 0 Å². The van der Waals surface area contributed by atoms with Crippen LogP contribution in [0, 0.1) is 0 Å². The van der Waals surface area contributed by atoms with Crippen LogP contribution < -0.4 is 10.2 Å². The average Bonchev–Trinajstić information content (AvgIpc) is 1.92. The largest absolute Gasteiger partial charge is 2.00 e. The van der Waals surface area contributed by atoms with Crippen LogP contribution in [-0.2, 0) is 29.8 Å². The predicted molar refractivity (Wildman–Crippen MR) is 48.5 cm³/mol. The summed E-state index contributed by atoms with van der Waals surface area (Å²) in [7, 11) is -11.8. The van der Waals surface area contributed by atoms with Gasteiger partial charge >= 0.3 is 97.8 Å². The number of carbonyl (C=O) groups is 2. The molecule has 0 saturated carbocycles. The summed E-state index contributed by atoms with van der Waals surface area (Å²) >= 11 is 0. The molecule has 10 nitrogen and oxygen atoms in total. The topological polar surface area (TPSA) is 195 Å². The Labute approximate surface area is 182 Å². The van der Waals surface area contributed by atoms with Gasteiger partial charge in [-0.05, 0) is 0 Å². The van der Waals surface area contributed by atoms with Crippen molar-refractivity contribution in [1.82, 2.24) is 0 Å². The van der Waals surface area contributed by atoms with Gasteiger partial charge in [0, 0.05) is 0 Å². The summed E-state index contributed by atoms with van der Waals surface area (Å²) in [5, 5.41) is 13.2. The molecule has 0 aromatic rings. The van der Waals surface area contributed by atoms with Crippen molar-refractivity contribution >= 4 is 130 Å². The van der Waals surface area contributed by atoms with Crippen molar-refractivity contribution in [2.24, 2.45) is 0 Å². The van der Waals surface area contributed by atoms with Gasteiger partial charge in [0.2, 0.25) is 0 Å². The van der Waals surface area contributed by atoms with Crippen molar-refractivity contribution in [2.45, 2.75) is 10.5 Å². The van der Waals surface area contributed by atoms with E-state index in [0.29, 0.717) is 0 Å². The van der Waals surface area contributed by atoms with E-state index in [1.165, 1.54) is 0 Å². The van der Waals surface area contributed by atoms with E-state index in [2.05, 4.69) is 0 Å². The van der Waals surface area contributed by atoms with Crippen LogP contribution >= 0.6 is 0 Å². The molecule has 0 spiro atoms. The van der Waals surface area contributed by atoms with Gasteiger partial charge in [0.15, 0.2) is 0 Å². The molecule has 0 radical (unpaired) electrons. The minimum absolute atomic E-state index is 0. The minimum atomic E-state index is -5.90. The van der Waals surface area contributed by atoms with E-state index in [1.54, 1.807) is 0 Å². The Kier molecular flexibility index (Phi) is 12.5. The number of carbonyl (C=O) groups excluding carboxylic acids is 2. The van der Waals surface area contributed by atoms with Crippen molar-refractivity contribution < 1.29 is 45.7 Å². The van der Waals surface area contributed by atoms with Crippen LogP contribution in [0.3, 0.4) is 0 Å². The van der Waals surface area contributed by atoms with Gasteiger partial charge in [-0.2, -0.15) is 0 Å². The maximum absolute atomic E-state index is 10.3. The number of carboxylic acids is 2. The third-order valence-corrected chi connectivity index (χ3v) is 3.71. The molecule has 0 N–H and O–H groups in total. The molecule has 0 heterocycles. The average molecular weight is 549 g/mol. The molecule has 2 unspecified atom stereocenters. The molecule has 0 aliphatic heterocycles.